The van der Waals surface area contributed by atoms with Crippen LogP contribution in [0.1, 0.15) is 74.9 Å². The number of para-hydroxylation sites is 1. The monoisotopic (exact) mass is 438 g/mol. The van der Waals surface area contributed by atoms with E-state index in [0.29, 0.717) is 11.8 Å². The van der Waals surface area contributed by atoms with E-state index in [2.05, 4.69) is 86.6 Å². The zero-order valence-corrected chi connectivity index (χ0v) is 20.5. The number of aryl methyl sites for hydroxylation is 2. The SMILES string of the molecule is CCc1nc2c(C)ccnc2n1-c1ccc2c(c1)C(CC)C(CC)c1ccccc1N2CC. The molecule has 33 heavy (non-hydrogen) atoms. The molecule has 170 valence electrons. The van der Waals surface area contributed by atoms with Gasteiger partial charge in [0.1, 0.15) is 11.3 Å². The molecule has 1 aliphatic rings. The number of fused-ring (bicyclic) bond motifs is 3. The third-order valence-electron chi connectivity index (χ3n) is 7.40. The molecule has 0 spiro atoms. The lowest BCUT2D eigenvalue weighted by Gasteiger charge is -2.26. The van der Waals surface area contributed by atoms with Crippen molar-refractivity contribution in [2.24, 2.45) is 0 Å². The van der Waals surface area contributed by atoms with Gasteiger partial charge in [-0.1, -0.05) is 39.0 Å². The zero-order valence-electron chi connectivity index (χ0n) is 20.5. The minimum Gasteiger partial charge on any atom is -0.341 e. The maximum Gasteiger partial charge on any atom is 0.164 e. The van der Waals surface area contributed by atoms with Crippen molar-refractivity contribution in [1.29, 1.82) is 0 Å². The van der Waals surface area contributed by atoms with Crippen molar-refractivity contribution >= 4 is 22.5 Å². The second-order valence-electron chi connectivity index (χ2n) is 9.09. The first-order valence-electron chi connectivity index (χ1n) is 12.5. The molecule has 2 aromatic carbocycles. The highest BCUT2D eigenvalue weighted by atomic mass is 15.2. The highest BCUT2D eigenvalue weighted by Gasteiger charge is 2.32. The summed E-state index contributed by atoms with van der Waals surface area (Å²) in [7, 11) is 0. The summed E-state index contributed by atoms with van der Waals surface area (Å²) >= 11 is 0. The van der Waals surface area contributed by atoms with Gasteiger partial charge in [-0.2, -0.15) is 0 Å². The molecule has 0 N–H and O–H groups in total. The Morgan fingerprint density at radius 3 is 2.30 bits per heavy atom. The van der Waals surface area contributed by atoms with E-state index in [1.807, 2.05) is 12.3 Å². The van der Waals surface area contributed by atoms with Crippen LogP contribution in [-0.2, 0) is 6.42 Å². The number of hydrogen-bond acceptors (Lipinski definition) is 3. The molecule has 4 aromatic rings. The number of imidazole rings is 1. The molecule has 0 saturated carbocycles. The van der Waals surface area contributed by atoms with Crippen molar-refractivity contribution < 1.29 is 0 Å². The molecular formula is C29H34N4. The first kappa shape index (κ1) is 21.7. The van der Waals surface area contributed by atoms with Crippen molar-refractivity contribution in [2.75, 3.05) is 11.4 Å². The summed E-state index contributed by atoms with van der Waals surface area (Å²) in [6.07, 6.45) is 5.01. The van der Waals surface area contributed by atoms with Crippen molar-refractivity contribution in [3.8, 4) is 5.69 Å². The Morgan fingerprint density at radius 2 is 1.58 bits per heavy atom. The summed E-state index contributed by atoms with van der Waals surface area (Å²) in [4.78, 5) is 12.2. The van der Waals surface area contributed by atoms with Gasteiger partial charge in [-0.3, -0.25) is 4.57 Å². The lowest BCUT2D eigenvalue weighted by molar-refractivity contribution is 0.515. The van der Waals surface area contributed by atoms with Gasteiger partial charge >= 0.3 is 0 Å². The van der Waals surface area contributed by atoms with Crippen LogP contribution < -0.4 is 4.90 Å². The van der Waals surface area contributed by atoms with E-state index >= 15 is 0 Å². The maximum atomic E-state index is 4.96. The van der Waals surface area contributed by atoms with E-state index < -0.39 is 0 Å². The Kier molecular flexibility index (Phi) is 5.69. The smallest absolute Gasteiger partial charge is 0.164 e. The number of rotatable bonds is 5. The second-order valence-corrected chi connectivity index (χ2v) is 9.09. The topological polar surface area (TPSA) is 34.0 Å². The molecule has 2 atom stereocenters. The third kappa shape index (κ3) is 3.35. The van der Waals surface area contributed by atoms with Crippen molar-refractivity contribution in [1.82, 2.24) is 14.5 Å². The van der Waals surface area contributed by atoms with Gasteiger partial charge < -0.3 is 4.90 Å². The Balaban J connectivity index is 1.77. The second kappa shape index (κ2) is 8.66. The Hall–Kier alpha value is -3.14. The highest BCUT2D eigenvalue weighted by Crippen LogP contribution is 2.50. The van der Waals surface area contributed by atoms with Crippen LogP contribution in [0.25, 0.3) is 16.9 Å². The van der Waals surface area contributed by atoms with Crippen molar-refractivity contribution in [3.05, 3.63) is 77.2 Å². The Labute approximate surface area is 197 Å². The van der Waals surface area contributed by atoms with Crippen LogP contribution in [0.4, 0.5) is 11.4 Å². The molecule has 0 amide bonds. The molecule has 0 aliphatic carbocycles. The first-order valence-corrected chi connectivity index (χ1v) is 12.5. The van der Waals surface area contributed by atoms with Crippen molar-refractivity contribution in [2.45, 2.75) is 65.7 Å². The molecule has 0 saturated heterocycles. The predicted octanol–water partition coefficient (Wildman–Crippen LogP) is 7.45. The van der Waals surface area contributed by atoms with Gasteiger partial charge in [-0.15, -0.1) is 0 Å². The quantitative estimate of drug-likeness (QED) is 0.324. The molecule has 4 heteroatoms. The van der Waals surface area contributed by atoms with E-state index in [4.69, 9.17) is 9.97 Å². The summed E-state index contributed by atoms with van der Waals surface area (Å²) in [6, 6.07) is 18.1. The van der Waals surface area contributed by atoms with Gasteiger partial charge in [0.05, 0.1) is 0 Å². The van der Waals surface area contributed by atoms with Crippen molar-refractivity contribution in [3.63, 3.8) is 0 Å². The third-order valence-corrected chi connectivity index (χ3v) is 7.40. The fraction of sp³-hybridized carbons (Fsp3) is 0.379. The number of benzene rings is 2. The normalized spacial score (nSPS) is 17.7. The lowest BCUT2D eigenvalue weighted by atomic mass is 9.78. The average molecular weight is 439 g/mol. The van der Waals surface area contributed by atoms with Gasteiger partial charge in [0.2, 0.25) is 0 Å². The van der Waals surface area contributed by atoms with Crippen LogP contribution in [0.3, 0.4) is 0 Å². The summed E-state index contributed by atoms with van der Waals surface area (Å²) in [5.41, 5.74) is 9.92. The minimum atomic E-state index is 0.470. The Bertz CT molecular complexity index is 1300. The number of anilines is 2. The van der Waals surface area contributed by atoms with Crippen LogP contribution in [-0.4, -0.2) is 21.1 Å². The molecule has 0 bridgehead atoms. The Morgan fingerprint density at radius 1 is 0.848 bits per heavy atom. The van der Waals surface area contributed by atoms with E-state index in [1.165, 1.54) is 33.8 Å². The fourth-order valence-electron chi connectivity index (χ4n) is 5.83. The van der Waals surface area contributed by atoms with E-state index in [9.17, 15) is 0 Å². The average Bonchev–Trinajstić information content (AvgIpc) is 3.18. The number of nitrogens with zero attached hydrogens (tertiary/aromatic N) is 4. The van der Waals surface area contributed by atoms with E-state index in [0.717, 1.165) is 42.8 Å². The molecular weight excluding hydrogens is 404 g/mol. The molecule has 0 radical (unpaired) electrons. The molecule has 0 fully saturated rings. The molecule has 5 rings (SSSR count). The van der Waals surface area contributed by atoms with Crippen LogP contribution in [0.15, 0.2) is 54.7 Å². The summed E-state index contributed by atoms with van der Waals surface area (Å²) in [6.45, 7) is 12.2. The van der Waals surface area contributed by atoms with Gasteiger partial charge in [-0.25, -0.2) is 9.97 Å². The predicted molar refractivity (Wildman–Crippen MR) is 138 cm³/mol. The van der Waals surface area contributed by atoms with Crippen LogP contribution in [0, 0.1) is 6.92 Å². The fourth-order valence-corrected chi connectivity index (χ4v) is 5.83. The molecule has 4 nitrogen and oxygen atoms in total. The number of hydrogen-bond donors (Lipinski definition) is 0. The zero-order chi connectivity index (χ0) is 23.1. The van der Waals surface area contributed by atoms with E-state index in [-0.39, 0.29) is 0 Å². The molecule has 3 heterocycles. The van der Waals surface area contributed by atoms with Crippen LogP contribution >= 0.6 is 0 Å². The van der Waals surface area contributed by atoms with E-state index in [1.54, 1.807) is 0 Å². The largest absolute Gasteiger partial charge is 0.341 e. The van der Waals surface area contributed by atoms with Gasteiger partial charge in [-0.05, 0) is 85.5 Å². The lowest BCUT2D eigenvalue weighted by Crippen LogP contribution is -2.17. The molecule has 2 aromatic heterocycles. The first-order chi connectivity index (χ1) is 16.1. The summed E-state index contributed by atoms with van der Waals surface area (Å²) < 4.78 is 2.27. The number of pyridine rings is 1. The molecule has 2 unspecified atom stereocenters. The standard InChI is InChI=1S/C29H34N4/c1-6-21-22(7-2)24-18-20(33-27(8-3)31-28-19(5)16-17-30-29(28)33)14-15-26(24)32(9-4)25-13-11-10-12-23(21)25/h10-18,21-22H,6-9H2,1-5H3. The van der Waals surface area contributed by atoms with Gasteiger partial charge in [0.25, 0.3) is 0 Å². The maximum absolute atomic E-state index is 4.96. The summed E-state index contributed by atoms with van der Waals surface area (Å²) in [5.74, 6) is 2.04. The summed E-state index contributed by atoms with van der Waals surface area (Å²) in [5, 5.41) is 0. The van der Waals surface area contributed by atoms with Crippen LogP contribution in [0.2, 0.25) is 0 Å². The highest BCUT2D eigenvalue weighted by molar-refractivity contribution is 5.79. The number of aromatic nitrogens is 3. The van der Waals surface area contributed by atoms with Gasteiger partial charge in [0, 0.05) is 36.2 Å². The van der Waals surface area contributed by atoms with Crippen LogP contribution in [0.5, 0.6) is 0 Å². The van der Waals surface area contributed by atoms with Gasteiger partial charge in [0.15, 0.2) is 5.65 Å². The minimum absolute atomic E-state index is 0.470. The molecule has 1 aliphatic heterocycles.